The van der Waals surface area contributed by atoms with Crippen LogP contribution < -0.4 is 5.73 Å². The van der Waals surface area contributed by atoms with Gasteiger partial charge in [-0.2, -0.15) is 0 Å². The van der Waals surface area contributed by atoms with Crippen molar-refractivity contribution in [3.63, 3.8) is 0 Å². The third-order valence-corrected chi connectivity index (χ3v) is 2.47. The van der Waals surface area contributed by atoms with Gasteiger partial charge < -0.3 is 10.7 Å². The average molecular weight is 215 g/mol. The molecule has 0 saturated carbocycles. The standard InChI is InChI=1S/C12H13N3O/c1-8-6-9(2-3-10(8)13)11(16)7-12-14-4-5-15-12/h2-6H,7,13H2,1H3,(H,14,15). The van der Waals surface area contributed by atoms with Crippen LogP contribution in [0.15, 0.2) is 30.6 Å². The minimum Gasteiger partial charge on any atom is -0.399 e. The lowest BCUT2D eigenvalue weighted by atomic mass is 10.0. The fraction of sp³-hybridized carbons (Fsp3) is 0.167. The van der Waals surface area contributed by atoms with Crippen LogP contribution in [0.1, 0.15) is 21.7 Å². The lowest BCUT2D eigenvalue weighted by Crippen LogP contribution is -2.05. The van der Waals surface area contributed by atoms with E-state index in [1.807, 2.05) is 6.92 Å². The van der Waals surface area contributed by atoms with Crippen molar-refractivity contribution in [1.29, 1.82) is 0 Å². The molecule has 1 aromatic carbocycles. The van der Waals surface area contributed by atoms with Crippen molar-refractivity contribution >= 4 is 11.5 Å². The molecule has 0 saturated heterocycles. The molecule has 4 heteroatoms. The summed E-state index contributed by atoms with van der Waals surface area (Å²) >= 11 is 0. The number of carbonyl (C=O) groups is 1. The molecule has 0 amide bonds. The number of nitrogen functional groups attached to an aromatic ring is 1. The molecule has 0 aliphatic heterocycles. The number of rotatable bonds is 3. The van der Waals surface area contributed by atoms with E-state index in [0.717, 1.165) is 5.56 Å². The maximum absolute atomic E-state index is 11.9. The number of hydrogen-bond acceptors (Lipinski definition) is 3. The lowest BCUT2D eigenvalue weighted by Gasteiger charge is -2.03. The Labute approximate surface area is 93.5 Å². The van der Waals surface area contributed by atoms with E-state index in [2.05, 4.69) is 9.97 Å². The van der Waals surface area contributed by atoms with E-state index in [1.54, 1.807) is 30.6 Å². The van der Waals surface area contributed by atoms with Gasteiger partial charge in [0.1, 0.15) is 5.82 Å². The molecular formula is C12H13N3O. The molecule has 82 valence electrons. The molecule has 0 unspecified atom stereocenters. The number of nitrogens with zero attached hydrogens (tertiary/aromatic N) is 1. The fourth-order valence-corrected chi connectivity index (χ4v) is 1.50. The van der Waals surface area contributed by atoms with Crippen LogP contribution in [0.4, 0.5) is 5.69 Å². The van der Waals surface area contributed by atoms with Crippen LogP contribution in [-0.2, 0) is 6.42 Å². The summed E-state index contributed by atoms with van der Waals surface area (Å²) in [4.78, 5) is 18.8. The Morgan fingerprint density at radius 2 is 2.31 bits per heavy atom. The largest absolute Gasteiger partial charge is 0.399 e. The number of imidazole rings is 1. The Hall–Kier alpha value is -2.10. The van der Waals surface area contributed by atoms with Crippen molar-refractivity contribution in [2.24, 2.45) is 0 Å². The molecule has 0 atom stereocenters. The molecule has 4 nitrogen and oxygen atoms in total. The van der Waals surface area contributed by atoms with Crippen molar-refractivity contribution in [3.05, 3.63) is 47.5 Å². The summed E-state index contributed by atoms with van der Waals surface area (Å²) in [5.74, 6) is 0.720. The van der Waals surface area contributed by atoms with E-state index in [0.29, 0.717) is 17.1 Å². The number of ketones is 1. The first kappa shape index (κ1) is 10.4. The highest BCUT2D eigenvalue weighted by molar-refractivity contribution is 5.97. The zero-order valence-electron chi connectivity index (χ0n) is 9.03. The molecule has 0 fully saturated rings. The Bertz CT molecular complexity index is 503. The lowest BCUT2D eigenvalue weighted by molar-refractivity contribution is 0.0991. The van der Waals surface area contributed by atoms with Gasteiger partial charge in [0.05, 0.1) is 6.42 Å². The fourth-order valence-electron chi connectivity index (χ4n) is 1.50. The molecule has 0 aliphatic carbocycles. The number of benzene rings is 1. The number of nitrogens with one attached hydrogen (secondary N) is 1. The topological polar surface area (TPSA) is 71.8 Å². The molecule has 0 spiro atoms. The van der Waals surface area contributed by atoms with Crippen molar-refractivity contribution < 1.29 is 4.79 Å². The molecule has 16 heavy (non-hydrogen) atoms. The van der Waals surface area contributed by atoms with E-state index in [1.165, 1.54) is 0 Å². The van der Waals surface area contributed by atoms with E-state index >= 15 is 0 Å². The first-order valence-electron chi connectivity index (χ1n) is 5.04. The van der Waals surface area contributed by atoms with E-state index < -0.39 is 0 Å². The SMILES string of the molecule is Cc1cc(C(=O)Cc2ncc[nH]2)ccc1N. The monoisotopic (exact) mass is 215 g/mol. The number of aromatic nitrogens is 2. The highest BCUT2D eigenvalue weighted by Crippen LogP contribution is 2.14. The Morgan fingerprint density at radius 3 is 2.94 bits per heavy atom. The molecule has 2 rings (SSSR count). The molecular weight excluding hydrogens is 202 g/mol. The summed E-state index contributed by atoms with van der Waals surface area (Å²) in [6.45, 7) is 1.89. The average Bonchev–Trinajstić information content (AvgIpc) is 2.74. The highest BCUT2D eigenvalue weighted by Gasteiger charge is 2.09. The van der Waals surface area contributed by atoms with Crippen LogP contribution in [0.2, 0.25) is 0 Å². The van der Waals surface area contributed by atoms with Gasteiger partial charge in [0.25, 0.3) is 0 Å². The number of carbonyl (C=O) groups excluding carboxylic acids is 1. The number of aryl methyl sites for hydroxylation is 1. The van der Waals surface area contributed by atoms with Gasteiger partial charge in [-0.25, -0.2) is 4.98 Å². The molecule has 0 aliphatic rings. The van der Waals surface area contributed by atoms with Gasteiger partial charge in [-0.15, -0.1) is 0 Å². The van der Waals surface area contributed by atoms with Gasteiger partial charge in [-0.3, -0.25) is 4.79 Å². The van der Waals surface area contributed by atoms with Crippen LogP contribution >= 0.6 is 0 Å². The van der Waals surface area contributed by atoms with Crippen LogP contribution in [-0.4, -0.2) is 15.8 Å². The molecule has 0 radical (unpaired) electrons. The molecule has 1 heterocycles. The number of H-pyrrole nitrogens is 1. The van der Waals surface area contributed by atoms with Gasteiger partial charge >= 0.3 is 0 Å². The normalized spacial score (nSPS) is 10.3. The second kappa shape index (κ2) is 4.18. The van der Waals surface area contributed by atoms with Crippen LogP contribution in [0, 0.1) is 6.92 Å². The summed E-state index contributed by atoms with van der Waals surface area (Å²) in [6.07, 6.45) is 3.63. The number of nitrogens with two attached hydrogens (primary N) is 1. The van der Waals surface area contributed by atoms with Crippen molar-refractivity contribution in [2.75, 3.05) is 5.73 Å². The summed E-state index contributed by atoms with van der Waals surface area (Å²) in [7, 11) is 0. The number of aromatic amines is 1. The summed E-state index contributed by atoms with van der Waals surface area (Å²) in [6, 6.07) is 5.30. The zero-order chi connectivity index (χ0) is 11.5. The maximum atomic E-state index is 11.9. The Balaban J connectivity index is 2.18. The van der Waals surface area contributed by atoms with Crippen molar-refractivity contribution in [3.8, 4) is 0 Å². The van der Waals surface area contributed by atoms with E-state index in [9.17, 15) is 4.79 Å². The minimum absolute atomic E-state index is 0.0399. The van der Waals surface area contributed by atoms with Gasteiger partial charge in [-0.1, -0.05) is 0 Å². The second-order valence-electron chi connectivity index (χ2n) is 3.71. The zero-order valence-corrected chi connectivity index (χ0v) is 9.03. The summed E-state index contributed by atoms with van der Waals surface area (Å²) in [5, 5.41) is 0. The highest BCUT2D eigenvalue weighted by atomic mass is 16.1. The van der Waals surface area contributed by atoms with E-state index in [-0.39, 0.29) is 12.2 Å². The summed E-state index contributed by atoms with van der Waals surface area (Å²) in [5.41, 5.74) is 7.99. The van der Waals surface area contributed by atoms with E-state index in [4.69, 9.17) is 5.73 Å². The Kier molecular flexibility index (Phi) is 2.72. The predicted molar refractivity (Wildman–Crippen MR) is 62.2 cm³/mol. The molecule has 1 aromatic heterocycles. The van der Waals surface area contributed by atoms with Gasteiger partial charge in [0.15, 0.2) is 5.78 Å². The Morgan fingerprint density at radius 1 is 1.50 bits per heavy atom. The van der Waals surface area contributed by atoms with Crippen molar-refractivity contribution in [2.45, 2.75) is 13.3 Å². The van der Waals surface area contributed by atoms with Crippen LogP contribution in [0.3, 0.4) is 0 Å². The minimum atomic E-state index is 0.0399. The third-order valence-electron chi connectivity index (χ3n) is 2.47. The molecule has 3 N–H and O–H groups in total. The maximum Gasteiger partial charge on any atom is 0.170 e. The van der Waals surface area contributed by atoms with Gasteiger partial charge in [0.2, 0.25) is 0 Å². The summed E-state index contributed by atoms with van der Waals surface area (Å²) < 4.78 is 0. The number of anilines is 1. The number of Topliss-reactive ketones (excluding diaryl/α,β-unsaturated/α-hetero) is 1. The number of hydrogen-bond donors (Lipinski definition) is 2. The first-order chi connectivity index (χ1) is 7.66. The predicted octanol–water partition coefficient (Wildman–Crippen LogP) is 1.73. The van der Waals surface area contributed by atoms with Gasteiger partial charge in [0, 0.05) is 23.6 Å². The second-order valence-corrected chi connectivity index (χ2v) is 3.71. The van der Waals surface area contributed by atoms with Gasteiger partial charge in [-0.05, 0) is 30.7 Å². The molecule has 2 aromatic rings. The smallest absolute Gasteiger partial charge is 0.170 e. The van der Waals surface area contributed by atoms with Crippen molar-refractivity contribution in [1.82, 2.24) is 9.97 Å². The molecule has 0 bridgehead atoms. The first-order valence-corrected chi connectivity index (χ1v) is 5.04. The third kappa shape index (κ3) is 2.11. The van der Waals surface area contributed by atoms with Crippen LogP contribution in [0.5, 0.6) is 0 Å². The van der Waals surface area contributed by atoms with Crippen LogP contribution in [0.25, 0.3) is 0 Å². The quantitative estimate of drug-likeness (QED) is 0.605.